The van der Waals surface area contributed by atoms with Crippen LogP contribution in [0.4, 0.5) is 10.1 Å². The monoisotopic (exact) mass is 388 g/mol. The van der Waals surface area contributed by atoms with Crippen molar-refractivity contribution in [2.45, 2.75) is 24.1 Å². The molecule has 0 spiro atoms. The lowest BCUT2D eigenvalue weighted by molar-refractivity contribution is -0.118. The van der Waals surface area contributed by atoms with Crippen molar-refractivity contribution in [1.29, 1.82) is 0 Å². The molecule has 3 fully saturated rings. The lowest BCUT2D eigenvalue weighted by atomic mass is 10.2. The molecular formula is C15H14ClFN2O3S2. The van der Waals surface area contributed by atoms with E-state index in [1.165, 1.54) is 23.9 Å². The molecule has 128 valence electrons. The number of sulfone groups is 1. The molecule has 2 atom stereocenters. The van der Waals surface area contributed by atoms with Crippen molar-refractivity contribution < 1.29 is 17.6 Å². The molecule has 1 saturated carbocycles. The molecule has 0 bridgehead atoms. The van der Waals surface area contributed by atoms with Gasteiger partial charge in [-0.05, 0) is 31.0 Å². The normalized spacial score (nSPS) is 29.9. The van der Waals surface area contributed by atoms with Crippen LogP contribution in [0.25, 0.3) is 0 Å². The van der Waals surface area contributed by atoms with Gasteiger partial charge in [0.1, 0.15) is 5.82 Å². The van der Waals surface area contributed by atoms with E-state index in [1.807, 2.05) is 0 Å². The van der Waals surface area contributed by atoms with Crippen LogP contribution < -0.4 is 4.90 Å². The second-order valence-corrected chi connectivity index (χ2v) is 10.0. The van der Waals surface area contributed by atoms with Crippen LogP contribution in [-0.2, 0) is 14.6 Å². The maximum atomic E-state index is 13.9. The summed E-state index contributed by atoms with van der Waals surface area (Å²) in [6, 6.07) is 3.96. The lowest BCUT2D eigenvalue weighted by Gasteiger charge is -2.24. The highest BCUT2D eigenvalue weighted by molar-refractivity contribution is 8.16. The van der Waals surface area contributed by atoms with Gasteiger partial charge in [-0.25, -0.2) is 12.8 Å². The average molecular weight is 389 g/mol. The molecule has 0 aromatic heterocycles. The van der Waals surface area contributed by atoms with Gasteiger partial charge < -0.3 is 4.90 Å². The zero-order valence-corrected chi connectivity index (χ0v) is 14.9. The molecule has 4 rings (SSSR count). The number of carbonyl (C=O) groups is 1. The fourth-order valence-electron chi connectivity index (χ4n) is 3.02. The van der Waals surface area contributed by atoms with Crippen molar-refractivity contribution >= 4 is 50.0 Å². The van der Waals surface area contributed by atoms with Gasteiger partial charge in [0.2, 0.25) is 0 Å². The predicted octanol–water partition coefficient (Wildman–Crippen LogP) is 2.49. The number of benzene rings is 1. The number of hydrogen-bond donors (Lipinski definition) is 0. The lowest BCUT2D eigenvalue weighted by Crippen LogP contribution is -2.37. The van der Waals surface area contributed by atoms with E-state index < -0.39 is 15.7 Å². The van der Waals surface area contributed by atoms with E-state index in [9.17, 15) is 17.6 Å². The first kappa shape index (κ1) is 16.4. The second-order valence-electron chi connectivity index (χ2n) is 6.28. The van der Waals surface area contributed by atoms with Gasteiger partial charge in [0, 0.05) is 16.9 Å². The number of amides is 1. The zero-order valence-electron chi connectivity index (χ0n) is 12.5. The highest BCUT2D eigenvalue weighted by Crippen LogP contribution is 2.42. The molecule has 2 aliphatic heterocycles. The molecule has 9 heteroatoms. The van der Waals surface area contributed by atoms with Crippen LogP contribution in [0.15, 0.2) is 23.2 Å². The number of rotatable bonds is 2. The third-order valence-corrected chi connectivity index (χ3v) is 7.90. The molecule has 2 saturated heterocycles. The van der Waals surface area contributed by atoms with Gasteiger partial charge in [-0.3, -0.25) is 4.79 Å². The van der Waals surface area contributed by atoms with Gasteiger partial charge >= 0.3 is 0 Å². The Morgan fingerprint density at radius 2 is 2.08 bits per heavy atom. The zero-order chi connectivity index (χ0) is 17.1. The Balaban J connectivity index is 1.74. The highest BCUT2D eigenvalue weighted by atomic mass is 35.5. The molecule has 1 amide bonds. The number of anilines is 1. The number of carbonyl (C=O) groups excluding carboxylic acids is 1. The summed E-state index contributed by atoms with van der Waals surface area (Å²) < 4.78 is 37.8. The highest BCUT2D eigenvalue weighted by Gasteiger charge is 2.49. The Labute approximate surface area is 148 Å². The molecule has 2 heterocycles. The molecule has 1 aromatic rings. The number of nitrogens with zero attached hydrogens (tertiary/aromatic N) is 2. The van der Waals surface area contributed by atoms with Crippen LogP contribution in [-0.4, -0.2) is 42.3 Å². The number of hydrogen-bond acceptors (Lipinski definition) is 4. The largest absolute Gasteiger partial charge is 0.315 e. The summed E-state index contributed by atoms with van der Waals surface area (Å²) in [7, 11) is -3.14. The van der Waals surface area contributed by atoms with E-state index in [4.69, 9.17) is 11.6 Å². The first-order valence-electron chi connectivity index (χ1n) is 7.58. The molecule has 24 heavy (non-hydrogen) atoms. The number of thioether (sulfide) groups is 1. The predicted molar refractivity (Wildman–Crippen MR) is 92.9 cm³/mol. The quantitative estimate of drug-likeness (QED) is 0.778. The minimum atomic E-state index is -3.14. The molecule has 0 radical (unpaired) electrons. The number of aliphatic imine (C=N–C) groups is 1. The van der Waals surface area contributed by atoms with Crippen LogP contribution in [0.1, 0.15) is 12.8 Å². The standard InChI is InChI=1S/C15H14ClFN2O3S2/c16-10-4-3-9(5-11(10)17)19-12-6-24(21,22)7-13(12)23-15(19)18-14(20)8-1-2-8/h3-5,8,12-13H,1-2,6-7H2/t12-,13-/m0/s1. The summed E-state index contributed by atoms with van der Waals surface area (Å²) in [5.41, 5.74) is 0.469. The Morgan fingerprint density at radius 3 is 2.75 bits per heavy atom. The summed E-state index contributed by atoms with van der Waals surface area (Å²) in [5, 5.41) is 0.256. The van der Waals surface area contributed by atoms with E-state index in [1.54, 1.807) is 11.0 Å². The second kappa shape index (κ2) is 5.71. The maximum Gasteiger partial charge on any atom is 0.251 e. The van der Waals surface area contributed by atoms with Crippen molar-refractivity contribution in [2.24, 2.45) is 10.9 Å². The minimum Gasteiger partial charge on any atom is -0.315 e. The van der Waals surface area contributed by atoms with E-state index in [0.717, 1.165) is 12.8 Å². The molecule has 3 aliphatic rings. The van der Waals surface area contributed by atoms with E-state index in [2.05, 4.69) is 4.99 Å². The van der Waals surface area contributed by atoms with Gasteiger partial charge in [0.05, 0.1) is 22.6 Å². The molecular weight excluding hydrogens is 375 g/mol. The smallest absolute Gasteiger partial charge is 0.251 e. The van der Waals surface area contributed by atoms with E-state index in [-0.39, 0.29) is 39.6 Å². The third-order valence-electron chi connectivity index (χ3n) is 4.38. The van der Waals surface area contributed by atoms with Gasteiger partial charge in [-0.1, -0.05) is 23.4 Å². The van der Waals surface area contributed by atoms with Crippen LogP contribution in [0.3, 0.4) is 0 Å². The van der Waals surface area contributed by atoms with Gasteiger partial charge in [0.25, 0.3) is 5.91 Å². The molecule has 0 unspecified atom stereocenters. The van der Waals surface area contributed by atoms with Crippen LogP contribution in [0, 0.1) is 11.7 Å². The van der Waals surface area contributed by atoms with Crippen molar-refractivity contribution in [3.05, 3.63) is 29.0 Å². The topological polar surface area (TPSA) is 66.8 Å². The molecule has 5 nitrogen and oxygen atoms in total. The molecule has 0 N–H and O–H groups in total. The summed E-state index contributed by atoms with van der Waals surface area (Å²) in [6.45, 7) is 0. The van der Waals surface area contributed by atoms with Gasteiger partial charge in [0.15, 0.2) is 15.0 Å². The Kier molecular flexibility index (Phi) is 3.89. The van der Waals surface area contributed by atoms with Gasteiger partial charge in [-0.2, -0.15) is 4.99 Å². The molecule has 1 aliphatic carbocycles. The Hall–Kier alpha value is -1.12. The summed E-state index contributed by atoms with van der Waals surface area (Å²) >= 11 is 7.03. The number of fused-ring (bicyclic) bond motifs is 1. The Bertz CT molecular complexity index is 854. The van der Waals surface area contributed by atoms with Crippen LogP contribution >= 0.6 is 23.4 Å². The fourth-order valence-corrected chi connectivity index (χ4v) is 7.05. The molecule has 1 aromatic carbocycles. The van der Waals surface area contributed by atoms with Crippen LogP contribution in [0.2, 0.25) is 5.02 Å². The number of halogens is 2. The van der Waals surface area contributed by atoms with Crippen molar-refractivity contribution in [2.75, 3.05) is 16.4 Å². The van der Waals surface area contributed by atoms with Crippen molar-refractivity contribution in [1.82, 2.24) is 0 Å². The fraction of sp³-hybridized carbons (Fsp3) is 0.467. The first-order chi connectivity index (χ1) is 11.3. The summed E-state index contributed by atoms with van der Waals surface area (Å²) in [6.07, 6.45) is 1.69. The van der Waals surface area contributed by atoms with Crippen LogP contribution in [0.5, 0.6) is 0 Å². The SMILES string of the molecule is O=C(N=C1S[C@H]2CS(=O)(=O)C[C@@H]2N1c1ccc(Cl)c(F)c1)C1CC1. The number of amidine groups is 1. The van der Waals surface area contributed by atoms with Crippen molar-refractivity contribution in [3.8, 4) is 0 Å². The minimum absolute atomic E-state index is 0.00580. The summed E-state index contributed by atoms with van der Waals surface area (Å²) in [5.74, 6) is -0.765. The van der Waals surface area contributed by atoms with E-state index in [0.29, 0.717) is 10.9 Å². The van der Waals surface area contributed by atoms with Crippen molar-refractivity contribution in [3.63, 3.8) is 0 Å². The first-order valence-corrected chi connectivity index (χ1v) is 10.7. The van der Waals surface area contributed by atoms with E-state index >= 15 is 0 Å². The van der Waals surface area contributed by atoms with Gasteiger partial charge in [-0.15, -0.1) is 0 Å². The maximum absolute atomic E-state index is 13.9. The Morgan fingerprint density at radius 1 is 1.33 bits per heavy atom. The average Bonchev–Trinajstić information content (AvgIpc) is 3.23. The summed E-state index contributed by atoms with van der Waals surface area (Å²) in [4.78, 5) is 17.9. The third kappa shape index (κ3) is 2.95.